The van der Waals surface area contributed by atoms with Crippen molar-refractivity contribution < 1.29 is 19.1 Å². The van der Waals surface area contributed by atoms with Gasteiger partial charge in [-0.2, -0.15) is 0 Å². The van der Waals surface area contributed by atoms with E-state index in [4.69, 9.17) is 4.42 Å². The molecule has 1 saturated carbocycles. The minimum atomic E-state index is -1.08. The summed E-state index contributed by atoms with van der Waals surface area (Å²) in [5, 5.41) is 15.0. The van der Waals surface area contributed by atoms with Gasteiger partial charge in [-0.05, 0) is 12.8 Å². The van der Waals surface area contributed by atoms with Gasteiger partial charge in [-0.1, -0.05) is 19.8 Å². The monoisotopic (exact) mass is 334 g/mol. The van der Waals surface area contributed by atoms with Crippen LogP contribution in [0.3, 0.4) is 0 Å². The summed E-state index contributed by atoms with van der Waals surface area (Å²) in [4.78, 5) is 28.2. The molecule has 0 aliphatic heterocycles. The second-order valence-electron chi connectivity index (χ2n) is 5.69. The molecule has 7 heteroatoms. The van der Waals surface area contributed by atoms with Crippen molar-refractivity contribution in [2.24, 2.45) is 0 Å². The Morgan fingerprint density at radius 1 is 1.43 bits per heavy atom. The van der Waals surface area contributed by atoms with Gasteiger partial charge < -0.3 is 14.8 Å². The number of carbonyl (C=O) groups is 2. The molecular formula is C16H18N2O4S. The number of aryl methyl sites for hydroxylation is 1. The molecule has 3 rings (SSSR count). The molecule has 1 fully saturated rings. The van der Waals surface area contributed by atoms with Crippen LogP contribution in [0, 0.1) is 0 Å². The fraction of sp³-hybridized carbons (Fsp3) is 0.438. The maximum absolute atomic E-state index is 12.6. The van der Waals surface area contributed by atoms with Gasteiger partial charge in [0.25, 0.3) is 5.91 Å². The van der Waals surface area contributed by atoms with Gasteiger partial charge in [-0.25, -0.2) is 9.78 Å². The van der Waals surface area contributed by atoms with E-state index in [1.165, 1.54) is 17.4 Å². The van der Waals surface area contributed by atoms with Crippen molar-refractivity contribution in [2.45, 2.75) is 44.6 Å². The van der Waals surface area contributed by atoms with Gasteiger partial charge in [0.15, 0.2) is 5.76 Å². The number of rotatable bonds is 5. The lowest BCUT2D eigenvalue weighted by Crippen LogP contribution is -2.43. The third-order valence-electron chi connectivity index (χ3n) is 4.24. The number of carboxylic acids is 1. The van der Waals surface area contributed by atoms with Crippen molar-refractivity contribution in [1.29, 1.82) is 0 Å². The Morgan fingerprint density at radius 3 is 2.70 bits per heavy atom. The Balaban J connectivity index is 1.87. The van der Waals surface area contributed by atoms with E-state index >= 15 is 0 Å². The molecule has 0 spiro atoms. The summed E-state index contributed by atoms with van der Waals surface area (Å²) in [6.45, 7) is 1.79. The van der Waals surface area contributed by atoms with E-state index in [0.29, 0.717) is 12.2 Å². The van der Waals surface area contributed by atoms with Crippen LogP contribution in [0.15, 0.2) is 22.1 Å². The molecule has 1 aliphatic rings. The van der Waals surface area contributed by atoms with Gasteiger partial charge in [0.1, 0.15) is 16.3 Å². The van der Waals surface area contributed by atoms with E-state index in [1.807, 2.05) is 5.38 Å². The highest BCUT2D eigenvalue weighted by molar-refractivity contribution is 7.09. The van der Waals surface area contributed by atoms with Gasteiger partial charge in [0, 0.05) is 24.1 Å². The highest BCUT2D eigenvalue weighted by Crippen LogP contribution is 2.39. The van der Waals surface area contributed by atoms with Crippen molar-refractivity contribution in [3.63, 3.8) is 0 Å². The first-order valence-corrected chi connectivity index (χ1v) is 8.52. The fourth-order valence-corrected chi connectivity index (χ4v) is 3.95. The zero-order valence-electron chi connectivity index (χ0n) is 12.8. The first-order chi connectivity index (χ1) is 11.1. The summed E-state index contributed by atoms with van der Waals surface area (Å²) in [7, 11) is 0. The topological polar surface area (TPSA) is 92.4 Å². The standard InChI is InChI=1S/C16H18N2O4S/c1-2-11-10(14(20)21)9-12(22-11)13(19)18-16(5-3-4-6-16)15-17-7-8-23-15/h7-9H,2-6H2,1H3,(H,18,19)(H,20,21). The van der Waals surface area contributed by atoms with Crippen LogP contribution in [0.1, 0.15) is 64.3 Å². The van der Waals surface area contributed by atoms with Crippen molar-refractivity contribution in [3.8, 4) is 0 Å². The van der Waals surface area contributed by atoms with Crippen LogP contribution in [0.5, 0.6) is 0 Å². The summed E-state index contributed by atoms with van der Waals surface area (Å²) in [5.74, 6) is -1.11. The zero-order chi connectivity index (χ0) is 16.4. The number of aromatic carboxylic acids is 1. The largest absolute Gasteiger partial charge is 0.478 e. The molecule has 6 nitrogen and oxygen atoms in total. The van der Waals surface area contributed by atoms with E-state index in [-0.39, 0.29) is 17.2 Å². The van der Waals surface area contributed by atoms with Crippen LogP contribution in [0.4, 0.5) is 0 Å². The van der Waals surface area contributed by atoms with Gasteiger partial charge in [-0.15, -0.1) is 11.3 Å². The lowest BCUT2D eigenvalue weighted by atomic mass is 9.98. The SMILES string of the molecule is CCc1oc(C(=O)NC2(c3nccs3)CCCC2)cc1C(=O)O. The van der Waals surface area contributed by atoms with Crippen molar-refractivity contribution >= 4 is 23.2 Å². The quantitative estimate of drug-likeness (QED) is 0.876. The van der Waals surface area contributed by atoms with Crippen LogP contribution in [-0.4, -0.2) is 22.0 Å². The average Bonchev–Trinajstić information content (AvgIpc) is 3.26. The third-order valence-corrected chi connectivity index (χ3v) is 5.21. The maximum Gasteiger partial charge on any atom is 0.339 e. The molecule has 1 amide bonds. The third kappa shape index (κ3) is 2.88. The van der Waals surface area contributed by atoms with Crippen LogP contribution in [0.2, 0.25) is 0 Å². The number of carboxylic acid groups (broad SMARTS) is 1. The summed E-state index contributed by atoms with van der Waals surface area (Å²) in [6.07, 6.45) is 5.87. The Labute approximate surface area is 137 Å². The molecule has 1 aliphatic carbocycles. The van der Waals surface area contributed by atoms with Gasteiger partial charge >= 0.3 is 5.97 Å². The Kier molecular flexibility index (Phi) is 4.21. The summed E-state index contributed by atoms with van der Waals surface area (Å²) in [5.41, 5.74) is -0.416. The molecule has 23 heavy (non-hydrogen) atoms. The second-order valence-corrected chi connectivity index (χ2v) is 6.58. The number of hydrogen-bond acceptors (Lipinski definition) is 5. The molecule has 2 N–H and O–H groups in total. The molecule has 2 aromatic rings. The summed E-state index contributed by atoms with van der Waals surface area (Å²) >= 11 is 1.52. The van der Waals surface area contributed by atoms with Crippen molar-refractivity contribution in [1.82, 2.24) is 10.3 Å². The van der Waals surface area contributed by atoms with Crippen molar-refractivity contribution in [3.05, 3.63) is 39.7 Å². The molecule has 0 bridgehead atoms. The summed E-state index contributed by atoms with van der Waals surface area (Å²) < 4.78 is 5.45. The molecule has 0 aromatic carbocycles. The molecule has 2 aromatic heterocycles. The smallest absolute Gasteiger partial charge is 0.339 e. The lowest BCUT2D eigenvalue weighted by molar-refractivity contribution is 0.0694. The lowest BCUT2D eigenvalue weighted by Gasteiger charge is -2.27. The minimum absolute atomic E-state index is 0.0436. The normalized spacial score (nSPS) is 16.4. The molecule has 0 saturated heterocycles. The number of thiazole rings is 1. The van der Waals surface area contributed by atoms with Crippen LogP contribution in [-0.2, 0) is 12.0 Å². The number of nitrogens with zero attached hydrogens (tertiary/aromatic N) is 1. The molecular weight excluding hydrogens is 316 g/mol. The molecule has 0 radical (unpaired) electrons. The zero-order valence-corrected chi connectivity index (χ0v) is 13.6. The van der Waals surface area contributed by atoms with E-state index in [1.54, 1.807) is 13.1 Å². The number of carbonyl (C=O) groups excluding carboxylic acids is 1. The van der Waals surface area contributed by atoms with Crippen LogP contribution in [0.25, 0.3) is 0 Å². The Morgan fingerprint density at radius 2 is 2.17 bits per heavy atom. The highest BCUT2D eigenvalue weighted by atomic mass is 32.1. The number of hydrogen-bond donors (Lipinski definition) is 2. The van der Waals surface area contributed by atoms with E-state index in [2.05, 4.69) is 10.3 Å². The predicted octanol–water partition coefficient (Wildman–Crippen LogP) is 3.20. The molecule has 0 atom stereocenters. The van der Waals surface area contributed by atoms with E-state index in [0.717, 1.165) is 30.7 Å². The Hall–Kier alpha value is -2.15. The van der Waals surface area contributed by atoms with Crippen LogP contribution < -0.4 is 5.32 Å². The van der Waals surface area contributed by atoms with Gasteiger partial charge in [-0.3, -0.25) is 4.79 Å². The van der Waals surface area contributed by atoms with Gasteiger partial charge in [0.05, 0.1) is 5.54 Å². The highest BCUT2D eigenvalue weighted by Gasteiger charge is 2.40. The number of aromatic nitrogens is 1. The van der Waals surface area contributed by atoms with Crippen LogP contribution >= 0.6 is 11.3 Å². The number of amides is 1. The second kappa shape index (κ2) is 6.16. The average molecular weight is 334 g/mol. The van der Waals surface area contributed by atoms with Gasteiger partial charge in [0.2, 0.25) is 0 Å². The van der Waals surface area contributed by atoms with E-state index < -0.39 is 11.5 Å². The number of furan rings is 1. The molecule has 2 heterocycles. The first kappa shape index (κ1) is 15.7. The maximum atomic E-state index is 12.6. The fourth-order valence-electron chi connectivity index (χ4n) is 3.09. The number of nitrogens with one attached hydrogen (secondary N) is 1. The first-order valence-electron chi connectivity index (χ1n) is 7.64. The minimum Gasteiger partial charge on any atom is -0.478 e. The predicted molar refractivity (Wildman–Crippen MR) is 84.8 cm³/mol. The van der Waals surface area contributed by atoms with Crippen molar-refractivity contribution in [2.75, 3.05) is 0 Å². The Bertz CT molecular complexity index is 715. The summed E-state index contributed by atoms with van der Waals surface area (Å²) in [6, 6.07) is 1.31. The van der Waals surface area contributed by atoms with E-state index in [9.17, 15) is 14.7 Å². The molecule has 0 unspecified atom stereocenters. The molecule has 122 valence electrons.